The van der Waals surface area contributed by atoms with Crippen LogP contribution in [0.1, 0.15) is 46.0 Å². The van der Waals surface area contributed by atoms with Crippen molar-refractivity contribution in [2.75, 3.05) is 7.05 Å². The van der Waals surface area contributed by atoms with Crippen molar-refractivity contribution in [1.29, 1.82) is 0 Å². The first-order chi connectivity index (χ1) is 7.11. The molecule has 1 amide bonds. The molecule has 0 saturated heterocycles. The molecule has 3 heteroatoms. The van der Waals surface area contributed by atoms with E-state index in [1.165, 1.54) is 25.5 Å². The molecule has 86 valence electrons. The number of hydrogen-bond acceptors (Lipinski definition) is 2. The zero-order chi connectivity index (χ0) is 11.3. The number of carbonyl (C=O) groups excluding carboxylic acids is 1. The van der Waals surface area contributed by atoms with Gasteiger partial charge in [-0.25, -0.2) is 4.79 Å². The van der Waals surface area contributed by atoms with Gasteiger partial charge < -0.3 is 9.64 Å². The van der Waals surface area contributed by atoms with Crippen molar-refractivity contribution in [3.63, 3.8) is 0 Å². The summed E-state index contributed by atoms with van der Waals surface area (Å²) in [6, 6.07) is 0.372. The quantitative estimate of drug-likeness (QED) is 0.656. The van der Waals surface area contributed by atoms with Crippen LogP contribution in [-0.2, 0) is 4.74 Å². The Morgan fingerprint density at radius 2 is 1.87 bits per heavy atom. The average Bonchev–Trinajstić information content (AvgIpc) is 2.26. The maximum Gasteiger partial charge on any atom is 0.414 e. The van der Waals surface area contributed by atoms with Crippen LogP contribution in [0.15, 0.2) is 11.8 Å². The molecule has 0 aromatic rings. The van der Waals surface area contributed by atoms with Crippen LogP contribution < -0.4 is 0 Å². The first kappa shape index (κ1) is 12.1. The van der Waals surface area contributed by atoms with E-state index in [0.29, 0.717) is 6.04 Å². The highest BCUT2D eigenvalue weighted by Crippen LogP contribution is 2.21. The number of nitrogens with zero attached hydrogens (tertiary/aromatic N) is 1. The third-order valence-corrected chi connectivity index (χ3v) is 2.81. The lowest BCUT2D eigenvalue weighted by Gasteiger charge is -2.29. The highest BCUT2D eigenvalue weighted by atomic mass is 16.5. The predicted molar refractivity (Wildman–Crippen MR) is 60.5 cm³/mol. The Balaban J connectivity index is 2.40. The van der Waals surface area contributed by atoms with Crippen molar-refractivity contribution in [2.24, 2.45) is 0 Å². The topological polar surface area (TPSA) is 29.5 Å². The molecule has 3 nitrogen and oxygen atoms in total. The number of ether oxygens (including phenoxy) is 1. The Hall–Kier alpha value is -0.990. The molecule has 0 unspecified atom stereocenters. The standard InChI is InChI=1S/C12H21NO2/c1-10(2)9-15-12(14)13(3)11-7-5-4-6-8-11/h9,11H,4-8H2,1-3H3. The van der Waals surface area contributed by atoms with Crippen LogP contribution in [0.4, 0.5) is 4.79 Å². The van der Waals surface area contributed by atoms with Crippen LogP contribution in [0.2, 0.25) is 0 Å². The van der Waals surface area contributed by atoms with Crippen molar-refractivity contribution in [2.45, 2.75) is 52.0 Å². The molecule has 1 aliphatic carbocycles. The molecule has 0 aromatic carbocycles. The van der Waals surface area contributed by atoms with Crippen LogP contribution in [0.25, 0.3) is 0 Å². The molecule has 0 N–H and O–H groups in total. The van der Waals surface area contributed by atoms with Crippen molar-refractivity contribution in [1.82, 2.24) is 4.90 Å². The first-order valence-corrected chi connectivity index (χ1v) is 5.68. The van der Waals surface area contributed by atoms with E-state index in [0.717, 1.165) is 18.4 Å². The highest BCUT2D eigenvalue weighted by molar-refractivity contribution is 5.68. The normalized spacial score (nSPS) is 17.0. The van der Waals surface area contributed by atoms with Crippen molar-refractivity contribution >= 4 is 6.09 Å². The molecule has 0 aliphatic heterocycles. The molecule has 0 radical (unpaired) electrons. The van der Waals surface area contributed by atoms with Gasteiger partial charge in [0.25, 0.3) is 0 Å². The highest BCUT2D eigenvalue weighted by Gasteiger charge is 2.22. The molecule has 0 aromatic heterocycles. The molecule has 0 spiro atoms. The molecule has 0 heterocycles. The summed E-state index contributed by atoms with van der Waals surface area (Å²) >= 11 is 0. The summed E-state index contributed by atoms with van der Waals surface area (Å²) in [5.41, 5.74) is 1.00. The molecular weight excluding hydrogens is 190 g/mol. The number of allylic oxidation sites excluding steroid dienone is 1. The Labute approximate surface area is 92.1 Å². The van der Waals surface area contributed by atoms with Crippen LogP contribution in [-0.4, -0.2) is 24.1 Å². The van der Waals surface area contributed by atoms with Crippen molar-refractivity contribution in [3.05, 3.63) is 11.8 Å². The van der Waals surface area contributed by atoms with E-state index in [9.17, 15) is 4.79 Å². The molecular formula is C12H21NO2. The smallest absolute Gasteiger partial charge is 0.414 e. The summed E-state index contributed by atoms with van der Waals surface area (Å²) < 4.78 is 5.04. The lowest BCUT2D eigenvalue weighted by molar-refractivity contribution is 0.119. The second-order valence-electron chi connectivity index (χ2n) is 4.48. The summed E-state index contributed by atoms with van der Waals surface area (Å²) in [6.07, 6.45) is 7.26. The predicted octanol–water partition coefficient (Wildman–Crippen LogP) is 3.31. The summed E-state index contributed by atoms with van der Waals surface area (Å²) in [5.74, 6) is 0. The fraction of sp³-hybridized carbons (Fsp3) is 0.750. The molecule has 1 fully saturated rings. The Bertz CT molecular complexity index is 238. The molecule has 1 saturated carbocycles. The third kappa shape index (κ3) is 3.94. The fourth-order valence-electron chi connectivity index (χ4n) is 1.87. The molecule has 0 bridgehead atoms. The third-order valence-electron chi connectivity index (χ3n) is 2.81. The van der Waals surface area contributed by atoms with E-state index < -0.39 is 0 Å². The van der Waals surface area contributed by atoms with Gasteiger partial charge in [0.1, 0.15) is 0 Å². The fourth-order valence-corrected chi connectivity index (χ4v) is 1.87. The lowest BCUT2D eigenvalue weighted by atomic mass is 9.95. The van der Waals surface area contributed by atoms with Crippen LogP contribution in [0, 0.1) is 0 Å². The average molecular weight is 211 g/mol. The molecule has 1 rings (SSSR count). The lowest BCUT2D eigenvalue weighted by Crippen LogP contribution is -2.38. The maximum absolute atomic E-state index is 11.6. The van der Waals surface area contributed by atoms with E-state index in [4.69, 9.17) is 4.74 Å². The minimum absolute atomic E-state index is 0.233. The molecule has 1 aliphatic rings. The Kier molecular flexibility index (Phi) is 4.66. The van der Waals surface area contributed by atoms with Gasteiger partial charge in [-0.3, -0.25) is 0 Å². The van der Waals surface area contributed by atoms with Gasteiger partial charge in [0.2, 0.25) is 0 Å². The summed E-state index contributed by atoms with van der Waals surface area (Å²) in [5, 5.41) is 0. The van der Waals surface area contributed by atoms with Crippen molar-refractivity contribution < 1.29 is 9.53 Å². The number of hydrogen-bond donors (Lipinski definition) is 0. The number of amides is 1. The molecule has 0 atom stereocenters. The van der Waals surface area contributed by atoms with Gasteiger partial charge in [-0.05, 0) is 32.3 Å². The minimum Gasteiger partial charge on any atom is -0.418 e. The van der Waals surface area contributed by atoms with Gasteiger partial charge in [-0.1, -0.05) is 19.3 Å². The zero-order valence-corrected chi connectivity index (χ0v) is 9.95. The SMILES string of the molecule is CC(C)=COC(=O)N(C)C1CCCCC1. The van der Waals surface area contributed by atoms with Gasteiger partial charge >= 0.3 is 6.09 Å². The Morgan fingerprint density at radius 3 is 2.40 bits per heavy atom. The van der Waals surface area contributed by atoms with E-state index in [2.05, 4.69) is 0 Å². The van der Waals surface area contributed by atoms with E-state index in [1.807, 2.05) is 20.9 Å². The summed E-state index contributed by atoms with van der Waals surface area (Å²) in [6.45, 7) is 3.82. The largest absolute Gasteiger partial charge is 0.418 e. The van der Waals surface area contributed by atoms with Crippen LogP contribution >= 0.6 is 0 Å². The number of rotatable bonds is 2. The van der Waals surface area contributed by atoms with Crippen LogP contribution in [0.5, 0.6) is 0 Å². The first-order valence-electron chi connectivity index (χ1n) is 5.68. The van der Waals surface area contributed by atoms with Gasteiger partial charge in [0.05, 0.1) is 6.26 Å². The van der Waals surface area contributed by atoms with Crippen molar-refractivity contribution in [3.8, 4) is 0 Å². The van der Waals surface area contributed by atoms with Gasteiger partial charge in [-0.15, -0.1) is 0 Å². The van der Waals surface area contributed by atoms with Gasteiger partial charge in [0, 0.05) is 13.1 Å². The number of carbonyl (C=O) groups is 1. The second-order valence-corrected chi connectivity index (χ2v) is 4.48. The minimum atomic E-state index is -0.233. The molecule has 15 heavy (non-hydrogen) atoms. The summed E-state index contributed by atoms with van der Waals surface area (Å²) in [7, 11) is 1.83. The zero-order valence-electron chi connectivity index (χ0n) is 9.95. The summed E-state index contributed by atoms with van der Waals surface area (Å²) in [4.78, 5) is 13.3. The van der Waals surface area contributed by atoms with E-state index in [1.54, 1.807) is 4.90 Å². The monoisotopic (exact) mass is 211 g/mol. The van der Waals surface area contributed by atoms with Gasteiger partial charge in [-0.2, -0.15) is 0 Å². The maximum atomic E-state index is 11.6. The Morgan fingerprint density at radius 1 is 1.27 bits per heavy atom. The van der Waals surface area contributed by atoms with E-state index in [-0.39, 0.29) is 6.09 Å². The van der Waals surface area contributed by atoms with E-state index >= 15 is 0 Å². The van der Waals surface area contributed by atoms with Crippen LogP contribution in [0.3, 0.4) is 0 Å². The second kappa shape index (κ2) is 5.79. The van der Waals surface area contributed by atoms with Gasteiger partial charge in [0.15, 0.2) is 0 Å².